The Morgan fingerprint density at radius 3 is 2.43 bits per heavy atom. The smallest absolute Gasteiger partial charge is 0.244 e. The third kappa shape index (κ3) is 5.23. The maximum absolute atomic E-state index is 12.5. The van der Waals surface area contributed by atoms with Crippen molar-refractivity contribution in [2.24, 2.45) is 5.73 Å². The van der Waals surface area contributed by atoms with Gasteiger partial charge in [0.1, 0.15) is 0 Å². The van der Waals surface area contributed by atoms with E-state index >= 15 is 0 Å². The van der Waals surface area contributed by atoms with Gasteiger partial charge in [0.15, 0.2) is 0 Å². The number of carbonyl (C=O) groups is 1. The highest BCUT2D eigenvalue weighted by atomic mass is 35.5. The van der Waals surface area contributed by atoms with Crippen LogP contribution in [-0.2, 0) is 17.8 Å². The van der Waals surface area contributed by atoms with E-state index in [4.69, 9.17) is 5.73 Å². The number of hydrogen-bond donors (Lipinski definition) is 2. The van der Waals surface area contributed by atoms with Crippen molar-refractivity contribution in [1.29, 1.82) is 0 Å². The lowest BCUT2D eigenvalue weighted by atomic mass is 9.82. The summed E-state index contributed by atoms with van der Waals surface area (Å²) in [7, 11) is 0. The van der Waals surface area contributed by atoms with Crippen LogP contribution in [0.15, 0.2) is 54.6 Å². The van der Waals surface area contributed by atoms with Gasteiger partial charge in [-0.3, -0.25) is 4.79 Å². The Bertz CT molecular complexity index is 951. The van der Waals surface area contributed by atoms with E-state index in [0.29, 0.717) is 12.4 Å². The number of nitrogens with two attached hydrogens (primary N) is 1. The van der Waals surface area contributed by atoms with Crippen molar-refractivity contribution in [3.8, 4) is 11.4 Å². The van der Waals surface area contributed by atoms with Gasteiger partial charge in [0.2, 0.25) is 11.7 Å². The molecule has 8 heteroatoms. The molecule has 0 atom stereocenters. The minimum atomic E-state index is -0.730. The summed E-state index contributed by atoms with van der Waals surface area (Å²) in [4.78, 5) is 14.2. The number of amides is 1. The number of carbonyl (C=O) groups excluding carboxylic acids is 1. The molecule has 158 valence electrons. The van der Waals surface area contributed by atoms with Crippen LogP contribution in [0.5, 0.6) is 0 Å². The standard InChI is InChI=1S/C22H26N6O.ClH/c23-22(14-5-2-6-15-22)21(29)24-19-11-9-17(10-12-19)13-16-28-26-20(25-27-28)18-7-3-1-4-8-18;/h1,3-4,7-12H,2,5-6,13-16,23H2,(H,24,29);1H. The summed E-state index contributed by atoms with van der Waals surface area (Å²) in [6.07, 6.45) is 5.49. The van der Waals surface area contributed by atoms with Gasteiger partial charge in [-0.1, -0.05) is 61.7 Å². The fourth-order valence-corrected chi connectivity index (χ4v) is 3.69. The summed E-state index contributed by atoms with van der Waals surface area (Å²) < 4.78 is 0. The number of tetrazole rings is 1. The molecule has 1 aliphatic carbocycles. The van der Waals surface area contributed by atoms with Crippen LogP contribution in [0.4, 0.5) is 5.69 Å². The molecule has 3 aromatic rings. The number of rotatable bonds is 6. The van der Waals surface area contributed by atoms with Crippen LogP contribution < -0.4 is 11.1 Å². The van der Waals surface area contributed by atoms with Crippen molar-refractivity contribution in [3.63, 3.8) is 0 Å². The second-order valence-electron chi connectivity index (χ2n) is 7.69. The van der Waals surface area contributed by atoms with Crippen molar-refractivity contribution < 1.29 is 4.79 Å². The SMILES string of the molecule is Cl.NC1(C(=O)Nc2ccc(CCn3nnc(-c4ccccc4)n3)cc2)CCCCC1. The van der Waals surface area contributed by atoms with Crippen LogP contribution >= 0.6 is 12.4 Å². The summed E-state index contributed by atoms with van der Waals surface area (Å²) in [6, 6.07) is 17.7. The van der Waals surface area contributed by atoms with Crippen molar-refractivity contribution in [2.45, 2.75) is 50.6 Å². The zero-order valence-electron chi connectivity index (χ0n) is 16.8. The van der Waals surface area contributed by atoms with Crippen molar-refractivity contribution >= 4 is 24.0 Å². The van der Waals surface area contributed by atoms with E-state index in [9.17, 15) is 4.79 Å². The first-order valence-electron chi connectivity index (χ1n) is 10.1. The van der Waals surface area contributed by atoms with Crippen molar-refractivity contribution in [3.05, 3.63) is 60.2 Å². The highest BCUT2D eigenvalue weighted by Gasteiger charge is 2.35. The maximum Gasteiger partial charge on any atom is 0.244 e. The molecule has 1 amide bonds. The quantitative estimate of drug-likeness (QED) is 0.627. The van der Waals surface area contributed by atoms with E-state index in [1.807, 2.05) is 54.6 Å². The zero-order valence-corrected chi connectivity index (χ0v) is 17.6. The molecule has 0 bridgehead atoms. The molecule has 1 fully saturated rings. The molecule has 0 aliphatic heterocycles. The normalized spacial score (nSPS) is 15.2. The fourth-order valence-electron chi connectivity index (χ4n) is 3.69. The summed E-state index contributed by atoms with van der Waals surface area (Å²) in [5, 5.41) is 15.7. The first-order chi connectivity index (χ1) is 14.1. The van der Waals surface area contributed by atoms with Crippen molar-refractivity contribution in [1.82, 2.24) is 20.2 Å². The van der Waals surface area contributed by atoms with Crippen LogP contribution in [0.2, 0.25) is 0 Å². The first-order valence-corrected chi connectivity index (χ1v) is 10.1. The number of halogens is 1. The van der Waals surface area contributed by atoms with E-state index in [-0.39, 0.29) is 18.3 Å². The van der Waals surface area contributed by atoms with Crippen LogP contribution in [0.1, 0.15) is 37.7 Å². The molecule has 30 heavy (non-hydrogen) atoms. The number of nitrogens with one attached hydrogen (secondary N) is 1. The molecule has 1 heterocycles. The number of aromatic nitrogens is 4. The molecule has 0 radical (unpaired) electrons. The second-order valence-corrected chi connectivity index (χ2v) is 7.69. The lowest BCUT2D eigenvalue weighted by Crippen LogP contribution is -2.52. The number of nitrogens with zero attached hydrogens (tertiary/aromatic N) is 4. The number of aryl methyl sites for hydroxylation is 2. The van der Waals surface area contributed by atoms with E-state index in [0.717, 1.165) is 55.3 Å². The molecule has 0 saturated heterocycles. The van der Waals surface area contributed by atoms with Crippen LogP contribution in [0.25, 0.3) is 11.4 Å². The minimum absolute atomic E-state index is 0. The highest BCUT2D eigenvalue weighted by Crippen LogP contribution is 2.27. The molecule has 1 aromatic heterocycles. The van der Waals surface area contributed by atoms with Gasteiger partial charge in [0, 0.05) is 11.3 Å². The van der Waals surface area contributed by atoms with Crippen LogP contribution in [-0.4, -0.2) is 31.7 Å². The van der Waals surface area contributed by atoms with E-state index in [1.54, 1.807) is 4.80 Å². The van der Waals surface area contributed by atoms with Gasteiger partial charge in [-0.25, -0.2) is 0 Å². The molecular formula is C22H27ClN6O. The van der Waals surface area contributed by atoms with E-state index < -0.39 is 5.54 Å². The second kappa shape index (κ2) is 9.82. The van der Waals surface area contributed by atoms with E-state index in [2.05, 4.69) is 20.7 Å². The first kappa shape index (κ1) is 21.9. The molecule has 7 nitrogen and oxygen atoms in total. The summed E-state index contributed by atoms with van der Waals surface area (Å²) in [5.74, 6) is 0.548. The third-order valence-corrected chi connectivity index (χ3v) is 5.50. The summed E-state index contributed by atoms with van der Waals surface area (Å²) in [6.45, 7) is 0.636. The number of benzene rings is 2. The number of anilines is 1. The monoisotopic (exact) mass is 426 g/mol. The molecule has 0 unspecified atom stereocenters. The largest absolute Gasteiger partial charge is 0.324 e. The Kier molecular flexibility index (Phi) is 7.18. The minimum Gasteiger partial charge on any atom is -0.324 e. The van der Waals surface area contributed by atoms with Crippen molar-refractivity contribution in [2.75, 3.05) is 5.32 Å². The zero-order chi connectivity index (χ0) is 20.1. The Morgan fingerprint density at radius 1 is 1.03 bits per heavy atom. The van der Waals surface area contributed by atoms with Gasteiger partial charge in [-0.2, -0.15) is 4.80 Å². The average Bonchev–Trinajstić information content (AvgIpc) is 3.23. The lowest BCUT2D eigenvalue weighted by Gasteiger charge is -2.31. The highest BCUT2D eigenvalue weighted by molar-refractivity contribution is 5.98. The van der Waals surface area contributed by atoms with Gasteiger partial charge in [0.05, 0.1) is 12.1 Å². The maximum atomic E-state index is 12.5. The van der Waals surface area contributed by atoms with Crippen LogP contribution in [0, 0.1) is 0 Å². The molecule has 4 rings (SSSR count). The fraction of sp³-hybridized carbons (Fsp3) is 0.364. The molecule has 2 aromatic carbocycles. The van der Waals surface area contributed by atoms with Gasteiger partial charge < -0.3 is 11.1 Å². The Labute approximate surface area is 182 Å². The molecular weight excluding hydrogens is 400 g/mol. The molecule has 3 N–H and O–H groups in total. The van der Waals surface area contributed by atoms with Crippen LogP contribution in [0.3, 0.4) is 0 Å². The lowest BCUT2D eigenvalue weighted by molar-refractivity contribution is -0.122. The molecule has 0 spiro atoms. The van der Waals surface area contributed by atoms with Gasteiger partial charge in [0.25, 0.3) is 0 Å². The van der Waals surface area contributed by atoms with Gasteiger partial charge in [-0.05, 0) is 42.2 Å². The predicted molar refractivity (Wildman–Crippen MR) is 119 cm³/mol. The summed E-state index contributed by atoms with van der Waals surface area (Å²) in [5.41, 5.74) is 8.44. The topological polar surface area (TPSA) is 98.7 Å². The molecule has 1 aliphatic rings. The average molecular weight is 427 g/mol. The Balaban J connectivity index is 0.00000256. The van der Waals surface area contributed by atoms with Gasteiger partial charge >= 0.3 is 0 Å². The van der Waals surface area contributed by atoms with Gasteiger partial charge in [-0.15, -0.1) is 22.6 Å². The Hall–Kier alpha value is -2.77. The summed E-state index contributed by atoms with van der Waals surface area (Å²) >= 11 is 0. The van der Waals surface area contributed by atoms with E-state index in [1.165, 1.54) is 0 Å². The number of hydrogen-bond acceptors (Lipinski definition) is 5. The predicted octanol–water partition coefficient (Wildman–Crippen LogP) is 3.60. The molecule has 1 saturated carbocycles. The third-order valence-electron chi connectivity index (χ3n) is 5.50. The Morgan fingerprint density at radius 2 is 1.73 bits per heavy atom.